The Balaban J connectivity index is 1.87. The summed E-state index contributed by atoms with van der Waals surface area (Å²) in [5, 5.41) is 4.02. The summed E-state index contributed by atoms with van der Waals surface area (Å²) in [6.07, 6.45) is 6.96. The smallest absolute Gasteiger partial charge is 0.270 e. The molecule has 3 amide bonds. The summed E-state index contributed by atoms with van der Waals surface area (Å²) in [5.41, 5.74) is 12.4. The second kappa shape index (κ2) is 10.8. The van der Waals surface area contributed by atoms with Gasteiger partial charge in [0.1, 0.15) is 10.9 Å². The fourth-order valence-corrected chi connectivity index (χ4v) is 5.54. The van der Waals surface area contributed by atoms with Crippen LogP contribution in [0.3, 0.4) is 0 Å². The first-order valence-electron chi connectivity index (χ1n) is 12.7. The number of anilines is 1. The zero-order valence-electron chi connectivity index (χ0n) is 21.5. The normalized spacial score (nSPS) is 15.3. The average Bonchev–Trinajstić information content (AvgIpc) is 3.28. The summed E-state index contributed by atoms with van der Waals surface area (Å²) >= 11 is 0.841. The number of carbonyl (C=O) groups excluding carboxylic acids is 3. The van der Waals surface area contributed by atoms with Gasteiger partial charge in [0.25, 0.3) is 11.8 Å². The van der Waals surface area contributed by atoms with Gasteiger partial charge in [-0.15, -0.1) is 0 Å². The number of pyridine rings is 1. The molecule has 2 heterocycles. The molecule has 0 radical (unpaired) electrons. The molecule has 1 atom stereocenters. The highest BCUT2D eigenvalue weighted by Crippen LogP contribution is 2.36. The van der Waals surface area contributed by atoms with Gasteiger partial charge in [-0.3, -0.25) is 19.4 Å². The van der Waals surface area contributed by atoms with Crippen LogP contribution < -0.4 is 16.8 Å². The van der Waals surface area contributed by atoms with Crippen LogP contribution in [-0.4, -0.2) is 43.6 Å². The van der Waals surface area contributed by atoms with Crippen molar-refractivity contribution in [3.63, 3.8) is 0 Å². The van der Waals surface area contributed by atoms with E-state index in [1.165, 1.54) is 0 Å². The lowest BCUT2D eigenvalue weighted by Gasteiger charge is -2.40. The topological polar surface area (TPSA) is 144 Å². The highest BCUT2D eigenvalue weighted by molar-refractivity contribution is 7.09. The van der Waals surface area contributed by atoms with Gasteiger partial charge in [-0.2, -0.15) is 4.37 Å². The summed E-state index contributed by atoms with van der Waals surface area (Å²) in [6, 6.07) is 8.32. The number of hydrogen-bond acceptors (Lipinski definition) is 7. The first-order valence-corrected chi connectivity index (χ1v) is 13.4. The number of nitrogens with zero attached hydrogens (tertiary/aromatic N) is 3. The van der Waals surface area contributed by atoms with Crippen LogP contribution in [0.25, 0.3) is 10.9 Å². The monoisotopic (exact) mass is 522 g/mol. The SMILES string of the molecule is CCC(C)(C)NC(=O)[C@H](c1ccc2ncccc2c1)N(C(=O)c1snc(C(N)=O)c1N)C1CCCCC1. The molecular formula is C27H34N6O3S. The molecule has 0 saturated heterocycles. The Morgan fingerprint density at radius 3 is 2.57 bits per heavy atom. The Labute approximate surface area is 220 Å². The number of fused-ring (bicyclic) bond motifs is 1. The molecule has 1 saturated carbocycles. The van der Waals surface area contributed by atoms with Gasteiger partial charge in [-0.25, -0.2) is 0 Å². The molecule has 1 fully saturated rings. The Morgan fingerprint density at radius 1 is 1.19 bits per heavy atom. The lowest BCUT2D eigenvalue weighted by molar-refractivity contribution is -0.128. The Hall–Kier alpha value is -3.53. The predicted octanol–water partition coefficient (Wildman–Crippen LogP) is 4.19. The number of primary amides is 1. The molecule has 1 aliphatic rings. The Morgan fingerprint density at radius 2 is 1.92 bits per heavy atom. The van der Waals surface area contributed by atoms with Crippen molar-refractivity contribution in [2.24, 2.45) is 5.73 Å². The van der Waals surface area contributed by atoms with E-state index in [9.17, 15) is 14.4 Å². The number of aromatic nitrogens is 2. The predicted molar refractivity (Wildman–Crippen MR) is 145 cm³/mol. The lowest BCUT2D eigenvalue weighted by Crippen LogP contribution is -2.53. The van der Waals surface area contributed by atoms with E-state index in [1.807, 2.05) is 51.1 Å². The molecule has 0 spiro atoms. The molecule has 5 N–H and O–H groups in total. The molecule has 10 heteroatoms. The maximum atomic E-state index is 14.2. The van der Waals surface area contributed by atoms with E-state index in [-0.39, 0.29) is 28.2 Å². The van der Waals surface area contributed by atoms with Crippen molar-refractivity contribution in [2.45, 2.75) is 76.9 Å². The van der Waals surface area contributed by atoms with Crippen molar-refractivity contribution in [1.29, 1.82) is 0 Å². The molecule has 2 aromatic heterocycles. The number of amides is 3. The zero-order chi connectivity index (χ0) is 26.7. The van der Waals surface area contributed by atoms with Gasteiger partial charge in [0.05, 0.1) is 11.2 Å². The van der Waals surface area contributed by atoms with E-state index in [1.54, 1.807) is 11.1 Å². The van der Waals surface area contributed by atoms with E-state index >= 15 is 0 Å². The second-order valence-electron chi connectivity index (χ2n) is 10.2. The number of carbonyl (C=O) groups is 3. The quantitative estimate of drug-likeness (QED) is 0.404. The molecule has 1 aliphatic carbocycles. The lowest BCUT2D eigenvalue weighted by atomic mass is 9.90. The van der Waals surface area contributed by atoms with Crippen molar-refractivity contribution in [3.05, 3.63) is 52.7 Å². The van der Waals surface area contributed by atoms with Gasteiger partial charge in [-0.1, -0.05) is 38.3 Å². The van der Waals surface area contributed by atoms with Crippen LogP contribution in [0.4, 0.5) is 5.69 Å². The molecular weight excluding hydrogens is 488 g/mol. The zero-order valence-corrected chi connectivity index (χ0v) is 22.3. The maximum absolute atomic E-state index is 14.2. The molecule has 196 valence electrons. The first-order chi connectivity index (χ1) is 17.6. The standard InChI is InChI=1S/C27H34N6O3S/c1-4-27(2,3)31-25(35)22(17-12-13-19-16(15-17)9-8-14-30-19)33(18-10-6-5-7-11-18)26(36)23-20(28)21(24(29)34)32-37-23/h8-9,12-15,18,22H,4-7,10-11,28H2,1-3H3,(H2,29,34)(H,31,35)/t22-/m0/s1. The third kappa shape index (κ3) is 5.58. The van der Waals surface area contributed by atoms with Crippen molar-refractivity contribution >= 4 is 45.8 Å². The van der Waals surface area contributed by atoms with Gasteiger partial charge < -0.3 is 21.7 Å². The highest BCUT2D eigenvalue weighted by Gasteiger charge is 2.40. The number of nitrogen functional groups attached to an aromatic ring is 1. The van der Waals surface area contributed by atoms with Crippen molar-refractivity contribution in [3.8, 4) is 0 Å². The van der Waals surface area contributed by atoms with Gasteiger partial charge >= 0.3 is 0 Å². The van der Waals surface area contributed by atoms with Gasteiger partial charge in [0.2, 0.25) is 5.91 Å². The van der Waals surface area contributed by atoms with Crippen molar-refractivity contribution in [2.75, 3.05) is 5.73 Å². The second-order valence-corrected chi connectivity index (χ2v) is 11.0. The minimum atomic E-state index is -0.912. The molecule has 37 heavy (non-hydrogen) atoms. The maximum Gasteiger partial charge on any atom is 0.270 e. The van der Waals surface area contributed by atoms with Gasteiger partial charge in [0.15, 0.2) is 5.69 Å². The van der Waals surface area contributed by atoms with E-state index < -0.39 is 23.4 Å². The first kappa shape index (κ1) is 26.5. The molecule has 4 rings (SSSR count). The average molecular weight is 523 g/mol. The summed E-state index contributed by atoms with van der Waals surface area (Å²) in [6.45, 7) is 5.92. The highest BCUT2D eigenvalue weighted by atomic mass is 32.1. The number of nitrogens with two attached hydrogens (primary N) is 2. The summed E-state index contributed by atoms with van der Waals surface area (Å²) < 4.78 is 4.04. The molecule has 0 aliphatic heterocycles. The number of hydrogen-bond donors (Lipinski definition) is 3. The van der Waals surface area contributed by atoms with Crippen LogP contribution in [0, 0.1) is 0 Å². The Kier molecular flexibility index (Phi) is 7.77. The van der Waals surface area contributed by atoms with E-state index in [0.717, 1.165) is 54.5 Å². The molecule has 0 unspecified atom stereocenters. The molecule has 3 aromatic rings. The van der Waals surface area contributed by atoms with Crippen LogP contribution in [0.2, 0.25) is 0 Å². The molecule has 9 nitrogen and oxygen atoms in total. The third-order valence-corrected chi connectivity index (χ3v) is 8.02. The van der Waals surface area contributed by atoms with Crippen LogP contribution in [0.1, 0.15) is 91.1 Å². The summed E-state index contributed by atoms with van der Waals surface area (Å²) in [4.78, 5) is 46.2. The van der Waals surface area contributed by atoms with Crippen molar-refractivity contribution < 1.29 is 14.4 Å². The minimum absolute atomic E-state index is 0.0425. The number of nitrogens with one attached hydrogen (secondary N) is 1. The van der Waals surface area contributed by atoms with Crippen molar-refractivity contribution in [1.82, 2.24) is 19.6 Å². The van der Waals surface area contributed by atoms with Gasteiger partial charge in [-0.05, 0) is 68.4 Å². The van der Waals surface area contributed by atoms with E-state index in [2.05, 4.69) is 14.7 Å². The number of benzene rings is 1. The minimum Gasteiger partial charge on any atom is -0.395 e. The molecule has 0 bridgehead atoms. The summed E-state index contributed by atoms with van der Waals surface area (Å²) in [5.74, 6) is -1.49. The molecule has 1 aromatic carbocycles. The fraction of sp³-hybridized carbons (Fsp3) is 0.444. The van der Waals surface area contributed by atoms with Crippen LogP contribution >= 0.6 is 11.5 Å². The van der Waals surface area contributed by atoms with E-state index in [4.69, 9.17) is 11.5 Å². The van der Waals surface area contributed by atoms with E-state index in [0.29, 0.717) is 12.0 Å². The number of rotatable bonds is 8. The fourth-order valence-electron chi connectivity index (χ4n) is 4.79. The largest absolute Gasteiger partial charge is 0.395 e. The third-order valence-electron chi connectivity index (χ3n) is 7.17. The van der Waals surface area contributed by atoms with Gasteiger partial charge in [0, 0.05) is 23.2 Å². The van der Waals surface area contributed by atoms with Crippen LogP contribution in [0.15, 0.2) is 36.5 Å². The Bertz CT molecular complexity index is 1310. The van der Waals surface area contributed by atoms with Crippen LogP contribution in [-0.2, 0) is 4.79 Å². The summed E-state index contributed by atoms with van der Waals surface area (Å²) in [7, 11) is 0. The van der Waals surface area contributed by atoms with Crippen LogP contribution in [0.5, 0.6) is 0 Å².